The number of likely N-dealkylation sites (tertiary alicyclic amines) is 1. The summed E-state index contributed by atoms with van der Waals surface area (Å²) in [4.78, 5) is 41.0. The molecule has 4 aliphatic rings. The fraction of sp³-hybridized carbons (Fsp3) is 0.464. The fourth-order valence-corrected chi connectivity index (χ4v) is 6.20. The van der Waals surface area contributed by atoms with Crippen LogP contribution < -0.4 is 10.1 Å². The van der Waals surface area contributed by atoms with Gasteiger partial charge in [-0.15, -0.1) is 0 Å². The largest absolute Gasteiger partial charge is 0.492 e. The number of hydrogen-bond acceptors (Lipinski definition) is 5. The molecular weight excluding hydrogens is 480 g/mol. The molecule has 9 heteroatoms. The van der Waals surface area contributed by atoms with Crippen LogP contribution in [0.15, 0.2) is 36.4 Å². The van der Waals surface area contributed by atoms with Gasteiger partial charge in [-0.2, -0.15) is 0 Å². The van der Waals surface area contributed by atoms with Crippen molar-refractivity contribution in [2.75, 3.05) is 19.7 Å². The minimum atomic E-state index is -2.84. The highest BCUT2D eigenvalue weighted by Crippen LogP contribution is 2.49. The van der Waals surface area contributed by atoms with Crippen LogP contribution in [0.3, 0.4) is 0 Å². The van der Waals surface area contributed by atoms with Crippen LogP contribution in [0.25, 0.3) is 0 Å². The van der Waals surface area contributed by atoms with E-state index in [1.54, 1.807) is 17.0 Å². The lowest BCUT2D eigenvalue weighted by Crippen LogP contribution is -2.52. The monoisotopic (exact) mass is 509 g/mol. The Morgan fingerprint density at radius 3 is 2.49 bits per heavy atom. The van der Waals surface area contributed by atoms with Crippen LogP contribution in [-0.2, 0) is 34.0 Å². The fourth-order valence-electron chi connectivity index (χ4n) is 6.20. The normalized spacial score (nSPS) is 23.2. The van der Waals surface area contributed by atoms with E-state index >= 15 is 0 Å². The van der Waals surface area contributed by atoms with Crippen LogP contribution in [0, 0.1) is 0 Å². The Kier molecular flexibility index (Phi) is 5.60. The van der Waals surface area contributed by atoms with Crippen LogP contribution >= 0.6 is 0 Å². The molecule has 6 rings (SSSR count). The number of imide groups is 1. The van der Waals surface area contributed by atoms with Crippen LogP contribution in [0.5, 0.6) is 5.75 Å². The molecule has 2 aromatic rings. The van der Waals surface area contributed by atoms with Gasteiger partial charge in [-0.05, 0) is 44.0 Å². The van der Waals surface area contributed by atoms with E-state index in [2.05, 4.69) is 10.2 Å². The van der Waals surface area contributed by atoms with Gasteiger partial charge in [0, 0.05) is 47.6 Å². The average Bonchev–Trinajstić information content (AvgIpc) is 3.39. The summed E-state index contributed by atoms with van der Waals surface area (Å²) in [7, 11) is 0. The van der Waals surface area contributed by atoms with Crippen molar-refractivity contribution in [3.05, 3.63) is 64.2 Å². The molecule has 1 atom stereocenters. The number of nitrogens with zero attached hydrogens (tertiary/aromatic N) is 2. The summed E-state index contributed by atoms with van der Waals surface area (Å²) in [6, 6.07) is 9.77. The van der Waals surface area contributed by atoms with Crippen molar-refractivity contribution < 1.29 is 27.9 Å². The molecule has 1 unspecified atom stereocenters. The number of carbonyl (C=O) groups excluding carboxylic acids is 3. The van der Waals surface area contributed by atoms with E-state index in [0.717, 1.165) is 55.3 Å². The third-order valence-corrected chi connectivity index (χ3v) is 8.41. The number of halogens is 2. The summed E-state index contributed by atoms with van der Waals surface area (Å²) in [5.74, 6) is -2.99. The minimum absolute atomic E-state index is 0.0238. The maximum atomic E-state index is 13.5. The Morgan fingerprint density at radius 2 is 1.81 bits per heavy atom. The van der Waals surface area contributed by atoms with E-state index in [4.69, 9.17) is 4.74 Å². The van der Waals surface area contributed by atoms with Crippen LogP contribution in [-0.4, -0.2) is 53.3 Å². The van der Waals surface area contributed by atoms with Gasteiger partial charge in [-0.3, -0.25) is 24.6 Å². The number of amides is 3. The highest BCUT2D eigenvalue weighted by Gasteiger charge is 2.47. The van der Waals surface area contributed by atoms with Crippen molar-refractivity contribution in [1.82, 2.24) is 15.1 Å². The molecule has 0 aliphatic carbocycles. The molecule has 2 saturated heterocycles. The number of piperidine rings is 2. The highest BCUT2D eigenvalue weighted by atomic mass is 19.3. The molecule has 0 bridgehead atoms. The van der Waals surface area contributed by atoms with Crippen molar-refractivity contribution in [2.45, 2.75) is 63.1 Å². The van der Waals surface area contributed by atoms with E-state index in [-0.39, 0.29) is 29.2 Å². The Morgan fingerprint density at radius 1 is 1.08 bits per heavy atom. The van der Waals surface area contributed by atoms with Gasteiger partial charge in [-0.25, -0.2) is 8.78 Å². The van der Waals surface area contributed by atoms with Crippen LogP contribution in [0.1, 0.15) is 65.2 Å². The third kappa shape index (κ3) is 4.09. The zero-order chi connectivity index (χ0) is 25.9. The van der Waals surface area contributed by atoms with Crippen molar-refractivity contribution in [3.63, 3.8) is 0 Å². The van der Waals surface area contributed by atoms with Gasteiger partial charge in [0.25, 0.3) is 11.8 Å². The second-order valence-corrected chi connectivity index (χ2v) is 10.8. The summed E-state index contributed by atoms with van der Waals surface area (Å²) in [6.07, 6.45) is 2.35. The van der Waals surface area contributed by atoms with E-state index in [0.29, 0.717) is 31.7 Å². The van der Waals surface area contributed by atoms with Gasteiger partial charge in [-0.1, -0.05) is 30.3 Å². The van der Waals surface area contributed by atoms with Gasteiger partial charge in [0.05, 0.1) is 13.2 Å². The van der Waals surface area contributed by atoms with Crippen molar-refractivity contribution >= 4 is 17.7 Å². The number of benzene rings is 2. The van der Waals surface area contributed by atoms with Crippen LogP contribution in [0.4, 0.5) is 8.78 Å². The minimum Gasteiger partial charge on any atom is -0.492 e. The Labute approximate surface area is 213 Å². The highest BCUT2D eigenvalue weighted by molar-refractivity contribution is 6.05. The molecule has 4 heterocycles. The molecule has 1 spiro atoms. The number of rotatable bonds is 4. The van der Waals surface area contributed by atoms with Gasteiger partial charge in [0.1, 0.15) is 11.8 Å². The molecule has 1 N–H and O–H groups in total. The van der Waals surface area contributed by atoms with Gasteiger partial charge >= 0.3 is 0 Å². The summed E-state index contributed by atoms with van der Waals surface area (Å²) >= 11 is 0. The molecule has 37 heavy (non-hydrogen) atoms. The summed E-state index contributed by atoms with van der Waals surface area (Å²) in [6.45, 7) is 4.18. The second-order valence-electron chi connectivity index (χ2n) is 10.8. The molecule has 194 valence electrons. The first-order valence-corrected chi connectivity index (χ1v) is 12.8. The maximum absolute atomic E-state index is 13.5. The summed E-state index contributed by atoms with van der Waals surface area (Å²) in [5, 5.41) is 2.34. The topological polar surface area (TPSA) is 79.0 Å². The standard InChI is InChI=1S/C28H29F2N3O4/c1-27(29,30)18-4-2-17(3-5-18)14-32-12-10-28(11-13-32)16-37-24-20-15-33(22-8-9-23(34)31-25(22)35)26(36)19(20)6-7-21(24)28/h2-7,22H,8-16H2,1H3,(H,31,34,35). The lowest BCUT2D eigenvalue weighted by Gasteiger charge is -2.38. The molecule has 0 aromatic heterocycles. The lowest BCUT2D eigenvalue weighted by molar-refractivity contribution is -0.136. The SMILES string of the molecule is CC(F)(F)c1ccc(CN2CCC3(CC2)COc2c3ccc3c2CN(C2CCC(=O)NC2=O)C3=O)cc1. The van der Waals surface area contributed by atoms with E-state index in [1.165, 1.54) is 12.1 Å². The number of ether oxygens (including phenoxy) is 1. The molecular formula is C28H29F2N3O4. The molecule has 2 aromatic carbocycles. The molecule has 3 amide bonds. The number of carbonyl (C=O) groups is 3. The quantitative estimate of drug-likeness (QED) is 0.639. The Hall–Kier alpha value is -3.33. The first-order valence-electron chi connectivity index (χ1n) is 12.8. The maximum Gasteiger partial charge on any atom is 0.270 e. The smallest absolute Gasteiger partial charge is 0.270 e. The molecule has 2 fully saturated rings. The van der Waals surface area contributed by atoms with Gasteiger partial charge in [0.15, 0.2) is 0 Å². The first-order chi connectivity index (χ1) is 17.6. The Bertz CT molecular complexity index is 1280. The van der Waals surface area contributed by atoms with E-state index in [9.17, 15) is 23.2 Å². The summed E-state index contributed by atoms with van der Waals surface area (Å²) < 4.78 is 33.3. The molecule has 4 aliphatic heterocycles. The van der Waals surface area contributed by atoms with Crippen molar-refractivity contribution in [1.29, 1.82) is 0 Å². The second kappa shape index (κ2) is 8.62. The zero-order valence-electron chi connectivity index (χ0n) is 20.7. The molecule has 0 radical (unpaired) electrons. The van der Waals surface area contributed by atoms with Crippen molar-refractivity contribution in [3.8, 4) is 5.75 Å². The first kappa shape index (κ1) is 24.0. The van der Waals surface area contributed by atoms with Gasteiger partial charge < -0.3 is 9.64 Å². The third-order valence-electron chi connectivity index (χ3n) is 8.41. The van der Waals surface area contributed by atoms with E-state index < -0.39 is 17.9 Å². The zero-order valence-corrected chi connectivity index (χ0v) is 20.7. The predicted octanol–water partition coefficient (Wildman–Crippen LogP) is 3.49. The molecule has 0 saturated carbocycles. The summed E-state index contributed by atoms with van der Waals surface area (Å²) in [5.41, 5.74) is 3.43. The number of hydrogen-bond donors (Lipinski definition) is 1. The predicted molar refractivity (Wildman–Crippen MR) is 130 cm³/mol. The van der Waals surface area contributed by atoms with Crippen LogP contribution in [0.2, 0.25) is 0 Å². The van der Waals surface area contributed by atoms with Gasteiger partial charge in [0.2, 0.25) is 11.8 Å². The van der Waals surface area contributed by atoms with Crippen molar-refractivity contribution in [2.24, 2.45) is 0 Å². The number of alkyl halides is 2. The average molecular weight is 510 g/mol. The lowest BCUT2D eigenvalue weighted by atomic mass is 9.74. The Balaban J connectivity index is 1.15. The number of nitrogens with one attached hydrogen (secondary N) is 1. The van der Waals surface area contributed by atoms with E-state index in [1.807, 2.05) is 12.1 Å². The molecule has 7 nitrogen and oxygen atoms in total. The number of fused-ring (bicyclic) bond motifs is 4.